The second-order valence-corrected chi connectivity index (χ2v) is 5.06. The summed E-state index contributed by atoms with van der Waals surface area (Å²) in [5, 5.41) is 3.21. The number of benzene rings is 1. The second-order valence-electron chi connectivity index (χ2n) is 5.06. The molecule has 1 unspecified atom stereocenters. The van der Waals surface area contributed by atoms with Crippen molar-refractivity contribution in [1.29, 1.82) is 0 Å². The van der Waals surface area contributed by atoms with E-state index in [9.17, 15) is 0 Å². The van der Waals surface area contributed by atoms with Crippen LogP contribution in [0.1, 0.15) is 36.5 Å². The number of nitrogens with one attached hydrogen (secondary N) is 1. The summed E-state index contributed by atoms with van der Waals surface area (Å²) >= 11 is 0. The van der Waals surface area contributed by atoms with Gasteiger partial charge in [0.25, 0.3) is 0 Å². The number of hydrogen-bond acceptors (Lipinski definition) is 2. The summed E-state index contributed by atoms with van der Waals surface area (Å²) in [5.41, 5.74) is 2.58. The molecule has 17 heavy (non-hydrogen) atoms. The van der Waals surface area contributed by atoms with Crippen molar-refractivity contribution in [3.63, 3.8) is 0 Å². The molecule has 1 aromatic carbocycles. The van der Waals surface area contributed by atoms with Gasteiger partial charge in [0.1, 0.15) is 0 Å². The highest BCUT2D eigenvalue weighted by atomic mass is 16.5. The maximum Gasteiger partial charge on any atom is 0.0949 e. The van der Waals surface area contributed by atoms with Crippen LogP contribution >= 0.6 is 0 Å². The van der Waals surface area contributed by atoms with E-state index in [1.165, 1.54) is 30.4 Å². The van der Waals surface area contributed by atoms with Crippen molar-refractivity contribution in [3.05, 3.63) is 35.4 Å². The molecule has 2 heteroatoms. The number of rotatable bonds is 7. The largest absolute Gasteiger partial charge is 0.372 e. The third-order valence-corrected chi connectivity index (χ3v) is 3.38. The van der Waals surface area contributed by atoms with Crippen LogP contribution in [0.25, 0.3) is 0 Å². The van der Waals surface area contributed by atoms with Gasteiger partial charge in [0.15, 0.2) is 0 Å². The molecular weight excluding hydrogens is 210 g/mol. The van der Waals surface area contributed by atoms with Gasteiger partial charge in [0, 0.05) is 13.2 Å². The predicted molar refractivity (Wildman–Crippen MR) is 71.1 cm³/mol. The fourth-order valence-corrected chi connectivity index (χ4v) is 2.02. The second kappa shape index (κ2) is 6.18. The van der Waals surface area contributed by atoms with E-state index in [2.05, 4.69) is 36.5 Å². The number of hydrogen-bond donors (Lipinski definition) is 1. The highest BCUT2D eigenvalue weighted by Crippen LogP contribution is 2.32. The molecule has 1 saturated carbocycles. The van der Waals surface area contributed by atoms with Crippen molar-refractivity contribution in [2.45, 2.75) is 32.3 Å². The Labute approximate surface area is 104 Å². The molecule has 2 rings (SSSR count). The zero-order valence-corrected chi connectivity index (χ0v) is 10.9. The summed E-state index contributed by atoms with van der Waals surface area (Å²) in [5.74, 6) is 0.947. The average Bonchev–Trinajstić information content (AvgIpc) is 3.13. The minimum absolute atomic E-state index is 0.194. The minimum Gasteiger partial charge on any atom is -0.372 e. The van der Waals surface area contributed by atoms with E-state index < -0.39 is 0 Å². The zero-order valence-electron chi connectivity index (χ0n) is 10.9. The van der Waals surface area contributed by atoms with Crippen molar-refractivity contribution in [2.75, 3.05) is 20.2 Å². The smallest absolute Gasteiger partial charge is 0.0949 e. The molecule has 1 atom stereocenters. The van der Waals surface area contributed by atoms with E-state index in [1.807, 2.05) is 7.05 Å². The molecular formula is C15H23NO. The number of likely N-dealkylation sites (N-methyl/N-ethyl adjacent to an activating group) is 1. The molecule has 0 saturated heterocycles. The molecule has 0 aliphatic heterocycles. The van der Waals surface area contributed by atoms with Crippen LogP contribution in [-0.2, 0) is 4.74 Å². The van der Waals surface area contributed by atoms with Gasteiger partial charge in [-0.25, -0.2) is 0 Å². The summed E-state index contributed by atoms with van der Waals surface area (Å²) < 4.78 is 6.00. The maximum atomic E-state index is 6.00. The Bertz CT molecular complexity index is 329. The average molecular weight is 233 g/mol. The van der Waals surface area contributed by atoms with E-state index in [1.54, 1.807) is 0 Å². The standard InChI is InChI=1S/C15H23NO/c1-12-3-7-14(8-4-12)15(11-16-2)17-10-9-13-5-6-13/h3-4,7-8,13,15-16H,5-6,9-11H2,1-2H3. The first-order chi connectivity index (χ1) is 8.29. The maximum absolute atomic E-state index is 6.00. The topological polar surface area (TPSA) is 21.3 Å². The Morgan fingerprint density at radius 1 is 1.29 bits per heavy atom. The predicted octanol–water partition coefficient (Wildman–Crippen LogP) is 3.07. The lowest BCUT2D eigenvalue weighted by atomic mass is 10.1. The SMILES string of the molecule is CNCC(OCCC1CC1)c1ccc(C)cc1. The minimum atomic E-state index is 0.194. The van der Waals surface area contributed by atoms with Gasteiger partial charge in [0.2, 0.25) is 0 Å². The Balaban J connectivity index is 1.87. The van der Waals surface area contributed by atoms with Gasteiger partial charge in [-0.2, -0.15) is 0 Å². The van der Waals surface area contributed by atoms with Crippen molar-refractivity contribution in [1.82, 2.24) is 5.32 Å². The molecule has 1 aliphatic rings. The van der Waals surface area contributed by atoms with Gasteiger partial charge in [-0.1, -0.05) is 42.7 Å². The summed E-state index contributed by atoms with van der Waals surface area (Å²) in [4.78, 5) is 0. The fourth-order valence-electron chi connectivity index (χ4n) is 2.02. The molecule has 1 fully saturated rings. The van der Waals surface area contributed by atoms with Crippen LogP contribution < -0.4 is 5.32 Å². The van der Waals surface area contributed by atoms with Gasteiger partial charge in [-0.05, 0) is 31.9 Å². The molecule has 1 aromatic rings. The first-order valence-electron chi connectivity index (χ1n) is 6.62. The molecule has 1 aliphatic carbocycles. The molecule has 0 amide bonds. The van der Waals surface area contributed by atoms with Gasteiger partial charge >= 0.3 is 0 Å². The summed E-state index contributed by atoms with van der Waals surface area (Å²) in [6.45, 7) is 3.89. The number of aryl methyl sites for hydroxylation is 1. The molecule has 94 valence electrons. The lowest BCUT2D eigenvalue weighted by molar-refractivity contribution is 0.0499. The molecule has 0 aromatic heterocycles. The summed E-state index contributed by atoms with van der Waals surface area (Å²) in [6, 6.07) is 8.66. The van der Waals surface area contributed by atoms with Gasteiger partial charge in [-0.3, -0.25) is 0 Å². The fraction of sp³-hybridized carbons (Fsp3) is 0.600. The molecule has 2 nitrogen and oxygen atoms in total. The van der Waals surface area contributed by atoms with Crippen LogP contribution in [0.3, 0.4) is 0 Å². The molecule has 0 radical (unpaired) electrons. The van der Waals surface area contributed by atoms with E-state index in [0.717, 1.165) is 19.1 Å². The van der Waals surface area contributed by atoms with Crippen LogP contribution in [-0.4, -0.2) is 20.2 Å². The van der Waals surface area contributed by atoms with Crippen molar-refractivity contribution in [2.24, 2.45) is 5.92 Å². The molecule has 0 bridgehead atoms. The van der Waals surface area contributed by atoms with Crippen molar-refractivity contribution in [3.8, 4) is 0 Å². The first-order valence-corrected chi connectivity index (χ1v) is 6.62. The van der Waals surface area contributed by atoms with E-state index in [4.69, 9.17) is 4.74 Å². The van der Waals surface area contributed by atoms with Crippen LogP contribution in [0.15, 0.2) is 24.3 Å². The lowest BCUT2D eigenvalue weighted by Gasteiger charge is -2.18. The van der Waals surface area contributed by atoms with E-state index in [-0.39, 0.29) is 6.10 Å². The zero-order chi connectivity index (χ0) is 12.1. The van der Waals surface area contributed by atoms with E-state index in [0.29, 0.717) is 0 Å². The quantitative estimate of drug-likeness (QED) is 0.781. The van der Waals surface area contributed by atoms with Gasteiger partial charge in [0.05, 0.1) is 6.10 Å². The van der Waals surface area contributed by atoms with Crippen LogP contribution in [0.4, 0.5) is 0 Å². The third-order valence-electron chi connectivity index (χ3n) is 3.38. The third kappa shape index (κ3) is 4.14. The van der Waals surface area contributed by atoms with Crippen LogP contribution in [0.2, 0.25) is 0 Å². The van der Waals surface area contributed by atoms with Gasteiger partial charge < -0.3 is 10.1 Å². The summed E-state index contributed by atoms with van der Waals surface area (Å²) in [6.07, 6.45) is 4.24. The lowest BCUT2D eigenvalue weighted by Crippen LogP contribution is -2.20. The van der Waals surface area contributed by atoms with Crippen LogP contribution in [0, 0.1) is 12.8 Å². The van der Waals surface area contributed by atoms with E-state index >= 15 is 0 Å². The highest BCUT2D eigenvalue weighted by Gasteiger charge is 2.21. The number of ether oxygens (including phenoxy) is 1. The Hall–Kier alpha value is -0.860. The first kappa shape index (κ1) is 12.6. The monoisotopic (exact) mass is 233 g/mol. The molecule has 1 N–H and O–H groups in total. The molecule has 0 spiro atoms. The van der Waals surface area contributed by atoms with Crippen LogP contribution in [0.5, 0.6) is 0 Å². The van der Waals surface area contributed by atoms with Gasteiger partial charge in [-0.15, -0.1) is 0 Å². The Morgan fingerprint density at radius 3 is 2.59 bits per heavy atom. The Kier molecular flexibility index (Phi) is 4.57. The normalized spacial score (nSPS) is 17.1. The summed E-state index contributed by atoms with van der Waals surface area (Å²) in [7, 11) is 1.98. The van der Waals surface area contributed by atoms with Crippen molar-refractivity contribution < 1.29 is 4.74 Å². The Morgan fingerprint density at radius 2 is 2.00 bits per heavy atom. The highest BCUT2D eigenvalue weighted by molar-refractivity contribution is 5.23. The molecule has 0 heterocycles. The van der Waals surface area contributed by atoms with Crippen molar-refractivity contribution >= 4 is 0 Å².